The molecule has 0 N–H and O–H groups in total. The van der Waals surface area contributed by atoms with Gasteiger partial charge in [0.15, 0.2) is 0 Å². The Kier molecular flexibility index (Phi) is 5.83. The average molecular weight is 287 g/mol. The maximum atomic E-state index is 8.72. The Morgan fingerprint density at radius 3 is 1.95 bits per heavy atom. The topological polar surface area (TPSA) is 48.5 Å². The van der Waals surface area contributed by atoms with E-state index in [1.807, 2.05) is 30.3 Å². The lowest BCUT2D eigenvalue weighted by atomic mass is 10.1. The van der Waals surface area contributed by atoms with Crippen LogP contribution in [0.25, 0.3) is 0 Å². The standard InChI is InChI=1S/C19H17N3/c1-2-3-4-16-5-9-18(10-6-16)14-21-22-15-19-11-7-17(13-20)8-12-19/h2,5-12,14-15H,1,3-4H2/b21-14+,22-15+. The maximum Gasteiger partial charge on any atom is 0.0991 e. The van der Waals surface area contributed by atoms with Crippen molar-refractivity contribution in [3.8, 4) is 6.07 Å². The van der Waals surface area contributed by atoms with Crippen molar-refractivity contribution in [2.24, 2.45) is 10.2 Å². The molecule has 0 aliphatic heterocycles. The summed E-state index contributed by atoms with van der Waals surface area (Å²) in [6.07, 6.45) is 7.31. The first-order valence-electron chi connectivity index (χ1n) is 7.08. The van der Waals surface area contributed by atoms with E-state index in [9.17, 15) is 0 Å². The van der Waals surface area contributed by atoms with Crippen LogP contribution in [0.2, 0.25) is 0 Å². The van der Waals surface area contributed by atoms with Gasteiger partial charge in [-0.2, -0.15) is 15.5 Å². The van der Waals surface area contributed by atoms with Gasteiger partial charge in [-0.25, -0.2) is 0 Å². The molecule has 0 aliphatic carbocycles. The molecule has 0 fully saturated rings. The van der Waals surface area contributed by atoms with Crippen LogP contribution >= 0.6 is 0 Å². The molecule has 0 heterocycles. The number of hydrogen-bond acceptors (Lipinski definition) is 3. The third-order valence-electron chi connectivity index (χ3n) is 3.14. The first kappa shape index (κ1) is 15.4. The molecule has 0 bridgehead atoms. The van der Waals surface area contributed by atoms with Crippen molar-refractivity contribution in [2.45, 2.75) is 12.8 Å². The van der Waals surface area contributed by atoms with E-state index >= 15 is 0 Å². The van der Waals surface area contributed by atoms with Crippen molar-refractivity contribution in [3.63, 3.8) is 0 Å². The molecule has 3 nitrogen and oxygen atoms in total. The highest BCUT2D eigenvalue weighted by Crippen LogP contribution is 2.06. The SMILES string of the molecule is C=CCCc1ccc(/C=N/N=C/c2ccc(C#N)cc2)cc1. The monoisotopic (exact) mass is 287 g/mol. The Balaban J connectivity index is 1.92. The predicted molar refractivity (Wildman–Crippen MR) is 91.3 cm³/mol. The summed E-state index contributed by atoms with van der Waals surface area (Å²) in [5.41, 5.74) is 3.85. The molecule has 108 valence electrons. The number of aryl methyl sites for hydroxylation is 1. The smallest absolute Gasteiger partial charge is 0.0991 e. The molecule has 2 aromatic carbocycles. The summed E-state index contributed by atoms with van der Waals surface area (Å²) in [4.78, 5) is 0. The summed E-state index contributed by atoms with van der Waals surface area (Å²) >= 11 is 0. The molecule has 22 heavy (non-hydrogen) atoms. The van der Waals surface area contributed by atoms with Crippen molar-refractivity contribution in [1.29, 1.82) is 5.26 Å². The van der Waals surface area contributed by atoms with Crippen LogP contribution in [0.4, 0.5) is 0 Å². The number of nitriles is 1. The van der Waals surface area contributed by atoms with Gasteiger partial charge in [-0.3, -0.25) is 0 Å². The number of allylic oxidation sites excluding steroid dienone is 1. The lowest BCUT2D eigenvalue weighted by Crippen LogP contribution is -1.86. The minimum atomic E-state index is 0.636. The van der Waals surface area contributed by atoms with Crippen LogP contribution in [-0.4, -0.2) is 12.4 Å². The van der Waals surface area contributed by atoms with Crippen molar-refractivity contribution in [3.05, 3.63) is 83.4 Å². The predicted octanol–water partition coefficient (Wildman–Crippen LogP) is 4.13. The summed E-state index contributed by atoms with van der Waals surface area (Å²) in [7, 11) is 0. The quantitative estimate of drug-likeness (QED) is 0.447. The summed E-state index contributed by atoms with van der Waals surface area (Å²) < 4.78 is 0. The molecule has 2 rings (SSSR count). The number of hydrogen-bond donors (Lipinski definition) is 0. The number of rotatable bonds is 6. The van der Waals surface area contributed by atoms with E-state index in [1.165, 1.54) is 5.56 Å². The van der Waals surface area contributed by atoms with Crippen LogP contribution in [0.5, 0.6) is 0 Å². The fourth-order valence-electron chi connectivity index (χ4n) is 1.88. The largest absolute Gasteiger partial charge is 0.192 e. The first-order valence-corrected chi connectivity index (χ1v) is 7.08. The van der Waals surface area contributed by atoms with Crippen molar-refractivity contribution in [2.75, 3.05) is 0 Å². The molecule has 0 spiro atoms. The minimum Gasteiger partial charge on any atom is -0.192 e. The van der Waals surface area contributed by atoms with E-state index in [0.29, 0.717) is 5.56 Å². The van der Waals surface area contributed by atoms with Crippen LogP contribution in [0.1, 0.15) is 28.7 Å². The molecular weight excluding hydrogens is 270 g/mol. The van der Waals surface area contributed by atoms with Gasteiger partial charge in [0.25, 0.3) is 0 Å². The summed E-state index contributed by atoms with van der Waals surface area (Å²) in [6.45, 7) is 3.72. The van der Waals surface area contributed by atoms with Gasteiger partial charge in [0, 0.05) is 0 Å². The second kappa shape index (κ2) is 8.33. The molecule has 0 radical (unpaired) electrons. The van der Waals surface area contributed by atoms with Crippen LogP contribution in [-0.2, 0) is 6.42 Å². The van der Waals surface area contributed by atoms with E-state index in [-0.39, 0.29) is 0 Å². The van der Waals surface area contributed by atoms with E-state index in [4.69, 9.17) is 5.26 Å². The Morgan fingerprint density at radius 2 is 1.45 bits per heavy atom. The highest BCUT2D eigenvalue weighted by atomic mass is 15.2. The number of nitrogens with zero attached hydrogens (tertiary/aromatic N) is 3. The van der Waals surface area contributed by atoms with E-state index in [0.717, 1.165) is 24.0 Å². The first-order chi connectivity index (χ1) is 10.8. The Morgan fingerprint density at radius 1 is 0.909 bits per heavy atom. The van der Waals surface area contributed by atoms with Gasteiger partial charge in [-0.05, 0) is 41.7 Å². The fourth-order valence-corrected chi connectivity index (χ4v) is 1.88. The zero-order chi connectivity index (χ0) is 15.6. The van der Waals surface area contributed by atoms with E-state index < -0.39 is 0 Å². The van der Waals surface area contributed by atoms with Gasteiger partial charge < -0.3 is 0 Å². The van der Waals surface area contributed by atoms with Gasteiger partial charge >= 0.3 is 0 Å². The molecule has 0 amide bonds. The highest BCUT2D eigenvalue weighted by molar-refractivity contribution is 5.82. The van der Waals surface area contributed by atoms with Gasteiger partial charge in [0.1, 0.15) is 0 Å². The Bertz CT molecular complexity index is 702. The third-order valence-corrected chi connectivity index (χ3v) is 3.14. The zero-order valence-electron chi connectivity index (χ0n) is 12.3. The maximum absolute atomic E-state index is 8.72. The minimum absolute atomic E-state index is 0.636. The van der Waals surface area contributed by atoms with E-state index in [2.05, 4.69) is 35.0 Å². The van der Waals surface area contributed by atoms with Gasteiger partial charge in [-0.15, -0.1) is 6.58 Å². The summed E-state index contributed by atoms with van der Waals surface area (Å²) in [5, 5.41) is 16.8. The van der Waals surface area contributed by atoms with Crippen molar-refractivity contribution < 1.29 is 0 Å². The summed E-state index contributed by atoms with van der Waals surface area (Å²) in [5.74, 6) is 0. The van der Waals surface area contributed by atoms with E-state index in [1.54, 1.807) is 24.6 Å². The molecule has 3 heteroatoms. The molecule has 0 aliphatic rings. The molecule has 0 saturated carbocycles. The number of benzene rings is 2. The Labute approximate surface area is 131 Å². The lowest BCUT2D eigenvalue weighted by Gasteiger charge is -1.98. The van der Waals surface area contributed by atoms with Crippen LogP contribution in [0.3, 0.4) is 0 Å². The second-order valence-corrected chi connectivity index (χ2v) is 4.79. The van der Waals surface area contributed by atoms with Crippen LogP contribution in [0.15, 0.2) is 71.4 Å². The second-order valence-electron chi connectivity index (χ2n) is 4.79. The average Bonchev–Trinajstić information content (AvgIpc) is 2.58. The molecule has 2 aromatic rings. The Hall–Kier alpha value is -2.99. The molecule has 0 saturated heterocycles. The normalized spacial score (nSPS) is 10.9. The van der Waals surface area contributed by atoms with Crippen molar-refractivity contribution >= 4 is 12.4 Å². The van der Waals surface area contributed by atoms with Gasteiger partial charge in [0.2, 0.25) is 0 Å². The fraction of sp³-hybridized carbons (Fsp3) is 0.105. The van der Waals surface area contributed by atoms with Crippen LogP contribution < -0.4 is 0 Å². The third kappa shape index (κ3) is 4.84. The van der Waals surface area contributed by atoms with Crippen molar-refractivity contribution in [1.82, 2.24) is 0 Å². The van der Waals surface area contributed by atoms with Gasteiger partial charge in [-0.1, -0.05) is 42.5 Å². The molecule has 0 aromatic heterocycles. The lowest BCUT2D eigenvalue weighted by molar-refractivity contribution is 1.00. The highest BCUT2D eigenvalue weighted by Gasteiger charge is 1.92. The zero-order valence-corrected chi connectivity index (χ0v) is 12.3. The molecule has 0 unspecified atom stereocenters. The molecule has 0 atom stereocenters. The van der Waals surface area contributed by atoms with Gasteiger partial charge in [0.05, 0.1) is 24.1 Å². The molecular formula is C19H17N3. The summed E-state index contributed by atoms with van der Waals surface area (Å²) in [6, 6.07) is 17.5. The van der Waals surface area contributed by atoms with Crippen LogP contribution in [0, 0.1) is 11.3 Å².